The van der Waals surface area contributed by atoms with Crippen LogP contribution in [0.2, 0.25) is 0 Å². The number of carbonyl (C=O) groups is 2. The molecule has 0 bridgehead atoms. The van der Waals surface area contributed by atoms with Crippen molar-refractivity contribution in [1.29, 1.82) is 0 Å². The van der Waals surface area contributed by atoms with Gasteiger partial charge in [-0.15, -0.1) is 0 Å². The highest BCUT2D eigenvalue weighted by atomic mass is 32.2. The average Bonchev–Trinajstić information content (AvgIpc) is 2.98. The Bertz CT molecular complexity index is 1750. The molecule has 0 aromatic heterocycles. The number of phenols is 1. The van der Waals surface area contributed by atoms with E-state index in [0.29, 0.717) is 35.2 Å². The first kappa shape index (κ1) is 32.3. The number of carboxylic acids is 1. The van der Waals surface area contributed by atoms with Crippen LogP contribution >= 0.6 is 0 Å². The van der Waals surface area contributed by atoms with Crippen LogP contribution in [0, 0.1) is 36.0 Å². The number of aromatic carboxylic acids is 1. The number of sulfonamides is 1. The average molecular weight is 655 g/mol. The van der Waals surface area contributed by atoms with Crippen molar-refractivity contribution in [3.05, 3.63) is 87.7 Å². The predicted octanol–water partition coefficient (Wildman–Crippen LogP) is 4.98. The van der Waals surface area contributed by atoms with Crippen molar-refractivity contribution in [3.8, 4) is 5.75 Å². The monoisotopic (exact) mass is 654 g/mol. The molecule has 240 valence electrons. The summed E-state index contributed by atoms with van der Waals surface area (Å²) in [5, 5.41) is 19.5. The number of carboxylic acid groups (broad SMARTS) is 1. The second kappa shape index (κ2) is 12.4. The Morgan fingerprint density at radius 1 is 0.956 bits per heavy atom. The lowest BCUT2D eigenvalue weighted by Gasteiger charge is -2.41. The molecule has 2 N–H and O–H groups in total. The minimum atomic E-state index is -5.34. The third-order valence-corrected chi connectivity index (χ3v) is 10.1. The number of anilines is 1. The van der Waals surface area contributed by atoms with Crippen LogP contribution in [0.15, 0.2) is 41.3 Å². The number of nitrogens with zero attached hydrogens (tertiary/aromatic N) is 2. The van der Waals surface area contributed by atoms with E-state index in [1.807, 2.05) is 12.1 Å². The Kier molecular flexibility index (Phi) is 8.88. The highest BCUT2D eigenvalue weighted by molar-refractivity contribution is 7.89. The van der Waals surface area contributed by atoms with Gasteiger partial charge in [-0.25, -0.2) is 35.2 Å². The van der Waals surface area contributed by atoms with Crippen molar-refractivity contribution < 1.29 is 54.9 Å². The molecule has 2 aliphatic heterocycles. The van der Waals surface area contributed by atoms with Gasteiger partial charge in [0.2, 0.25) is 15.9 Å². The van der Waals surface area contributed by atoms with E-state index in [2.05, 4.69) is 0 Å². The van der Waals surface area contributed by atoms with Gasteiger partial charge >= 0.3 is 5.97 Å². The second-order valence-corrected chi connectivity index (χ2v) is 12.6. The Labute approximate surface area is 254 Å². The third kappa shape index (κ3) is 5.87. The Balaban J connectivity index is 1.52. The van der Waals surface area contributed by atoms with Gasteiger partial charge in [-0.1, -0.05) is 24.3 Å². The van der Waals surface area contributed by atoms with Crippen LogP contribution < -0.4 is 4.90 Å². The summed E-state index contributed by atoms with van der Waals surface area (Å²) >= 11 is 0. The van der Waals surface area contributed by atoms with Crippen LogP contribution in [0.4, 0.5) is 27.6 Å². The lowest BCUT2D eigenvalue weighted by Crippen LogP contribution is -2.59. The zero-order valence-electron chi connectivity index (χ0n) is 23.7. The molecule has 0 radical (unpaired) electrons. The summed E-state index contributed by atoms with van der Waals surface area (Å²) in [5.74, 6) is -12.8. The van der Waals surface area contributed by atoms with E-state index in [-0.39, 0.29) is 12.3 Å². The summed E-state index contributed by atoms with van der Waals surface area (Å²) in [7, 11) is -5.34. The van der Waals surface area contributed by atoms with E-state index in [1.54, 1.807) is 12.1 Å². The maximum Gasteiger partial charge on any atom is 0.339 e. The van der Waals surface area contributed by atoms with Gasteiger partial charge in [0.1, 0.15) is 23.2 Å². The first-order chi connectivity index (χ1) is 21.2. The molecule has 2 aliphatic rings. The molecular weight excluding hydrogens is 627 g/mol. The van der Waals surface area contributed by atoms with Crippen molar-refractivity contribution in [1.82, 2.24) is 4.31 Å². The molecule has 3 aromatic rings. The third-order valence-electron chi connectivity index (χ3n) is 8.13. The number of rotatable bonds is 8. The van der Waals surface area contributed by atoms with Crippen molar-refractivity contribution in [2.24, 2.45) is 0 Å². The van der Waals surface area contributed by atoms with Gasteiger partial charge in [0.25, 0.3) is 0 Å². The summed E-state index contributed by atoms with van der Waals surface area (Å²) in [6.45, 7) is 1.06. The fourth-order valence-corrected chi connectivity index (χ4v) is 7.21. The number of ether oxygens (including phenoxy) is 1. The second-order valence-electron chi connectivity index (χ2n) is 10.8. The van der Waals surface area contributed by atoms with Gasteiger partial charge in [0.15, 0.2) is 28.2 Å². The molecule has 1 atom stereocenters. The molecule has 2 heterocycles. The van der Waals surface area contributed by atoms with E-state index in [9.17, 15) is 45.8 Å². The van der Waals surface area contributed by atoms with Crippen molar-refractivity contribution in [3.63, 3.8) is 0 Å². The smallest absolute Gasteiger partial charge is 0.339 e. The molecule has 0 saturated carbocycles. The van der Waals surface area contributed by atoms with Crippen LogP contribution in [0.5, 0.6) is 5.75 Å². The minimum Gasteiger partial charge on any atom is -0.507 e. The molecule has 1 amide bonds. The highest BCUT2D eigenvalue weighted by Gasteiger charge is 2.48. The Morgan fingerprint density at radius 2 is 1.56 bits per heavy atom. The maximum absolute atomic E-state index is 15.3. The van der Waals surface area contributed by atoms with Crippen LogP contribution in [0.1, 0.15) is 52.2 Å². The molecule has 2 fully saturated rings. The molecule has 9 nitrogen and oxygen atoms in total. The normalized spacial score (nSPS) is 17.6. The van der Waals surface area contributed by atoms with Gasteiger partial charge in [0, 0.05) is 31.4 Å². The standard InChI is InChI=1S/C30H27F5N2O7S/c1-15-24(32)26(34)28(27(35)25(15)33)45(42,43)37-9-6-21(37)29(39)36(22-13-23(38)19(30(40)41)12-20(22)31)14-16-2-4-17(5-3-16)18-7-10-44-11-8-18/h2-5,12-13,18,21,38H,6-11,14H2,1H3,(H,40,41)/t21-/m1/s1. The van der Waals surface area contributed by atoms with Gasteiger partial charge in [0.05, 0.1) is 12.2 Å². The van der Waals surface area contributed by atoms with E-state index in [0.717, 1.165) is 30.2 Å². The fraction of sp³-hybridized carbons (Fsp3) is 0.333. The maximum atomic E-state index is 15.3. The first-order valence-corrected chi connectivity index (χ1v) is 15.3. The predicted molar refractivity (Wildman–Crippen MR) is 149 cm³/mol. The summed E-state index contributed by atoms with van der Waals surface area (Å²) in [4.78, 5) is 24.1. The number of hydrogen-bond donors (Lipinski definition) is 2. The first-order valence-electron chi connectivity index (χ1n) is 13.8. The molecule has 0 spiro atoms. The Hall–Kier alpha value is -4.08. The number of benzene rings is 3. The molecule has 3 aromatic carbocycles. The van der Waals surface area contributed by atoms with E-state index in [4.69, 9.17) is 4.74 Å². The molecule has 15 heteroatoms. The van der Waals surface area contributed by atoms with E-state index >= 15 is 4.39 Å². The quantitative estimate of drug-likeness (QED) is 0.259. The number of halogens is 5. The Morgan fingerprint density at radius 3 is 2.09 bits per heavy atom. The highest BCUT2D eigenvalue weighted by Crippen LogP contribution is 2.37. The summed E-state index contributed by atoms with van der Waals surface area (Å²) in [5.41, 5.74) is -1.05. The minimum absolute atomic E-state index is 0.210. The zero-order valence-corrected chi connectivity index (χ0v) is 24.5. The van der Waals surface area contributed by atoms with E-state index < -0.39 is 97.6 Å². The lowest BCUT2D eigenvalue weighted by atomic mass is 9.91. The van der Waals surface area contributed by atoms with Gasteiger partial charge in [-0.2, -0.15) is 4.31 Å². The summed E-state index contributed by atoms with van der Waals surface area (Å²) < 4.78 is 106. The molecule has 5 rings (SSSR count). The molecule has 45 heavy (non-hydrogen) atoms. The summed E-state index contributed by atoms with van der Waals surface area (Å²) in [6.07, 6.45) is 1.39. The largest absolute Gasteiger partial charge is 0.507 e. The van der Waals surface area contributed by atoms with Crippen molar-refractivity contribution in [2.45, 2.75) is 49.6 Å². The van der Waals surface area contributed by atoms with E-state index in [1.165, 1.54) is 0 Å². The van der Waals surface area contributed by atoms with Gasteiger partial charge in [-0.05, 0) is 49.3 Å². The zero-order chi connectivity index (χ0) is 32.8. The number of carbonyl (C=O) groups excluding carboxylic acids is 1. The topological polar surface area (TPSA) is 124 Å². The number of amides is 1. The number of hydrogen-bond acceptors (Lipinski definition) is 6. The SMILES string of the molecule is Cc1c(F)c(F)c(S(=O)(=O)N2CC[C@@H]2C(=O)N(Cc2ccc(C3CCOCC3)cc2)c2cc(O)c(C(=O)O)cc2F)c(F)c1F. The van der Waals surface area contributed by atoms with Crippen LogP contribution in [-0.2, 0) is 26.1 Å². The lowest BCUT2D eigenvalue weighted by molar-refractivity contribution is -0.125. The molecule has 0 unspecified atom stereocenters. The van der Waals surface area contributed by atoms with Crippen molar-refractivity contribution in [2.75, 3.05) is 24.7 Å². The molecular formula is C30H27F5N2O7S. The van der Waals surface area contributed by atoms with Crippen molar-refractivity contribution >= 4 is 27.6 Å². The molecule has 2 saturated heterocycles. The van der Waals surface area contributed by atoms with Gasteiger partial charge in [-0.3, -0.25) is 4.79 Å². The van der Waals surface area contributed by atoms with Crippen LogP contribution in [0.3, 0.4) is 0 Å². The van der Waals surface area contributed by atoms with Crippen LogP contribution in [0.25, 0.3) is 0 Å². The fourth-order valence-electron chi connectivity index (χ4n) is 5.46. The van der Waals surface area contributed by atoms with Crippen LogP contribution in [-0.4, -0.2) is 60.6 Å². The molecule has 0 aliphatic carbocycles. The van der Waals surface area contributed by atoms with Gasteiger partial charge < -0.3 is 19.8 Å². The number of aromatic hydroxyl groups is 1. The summed E-state index contributed by atoms with van der Waals surface area (Å²) in [6, 6.07) is 6.42.